The Morgan fingerprint density at radius 3 is 2.12 bits per heavy atom. The summed E-state index contributed by atoms with van der Waals surface area (Å²) in [5.74, 6) is 2.52. The van der Waals surface area contributed by atoms with Crippen molar-refractivity contribution in [1.82, 2.24) is 15.0 Å². The van der Waals surface area contributed by atoms with Gasteiger partial charge in [0.1, 0.15) is 22.1 Å². The number of carbonyl (C=O) groups excluding carboxylic acids is 1. The number of H-pyrrole nitrogens is 2. The van der Waals surface area contributed by atoms with Gasteiger partial charge in [-0.25, -0.2) is 4.98 Å². The van der Waals surface area contributed by atoms with Crippen molar-refractivity contribution in [3.63, 3.8) is 0 Å². The van der Waals surface area contributed by atoms with Crippen molar-refractivity contribution >= 4 is 39.6 Å². The molecule has 0 fully saturated rings. The fourth-order valence-electron chi connectivity index (χ4n) is 5.05. The maximum absolute atomic E-state index is 9.60. The molecule has 0 amide bonds. The van der Waals surface area contributed by atoms with Gasteiger partial charge in [0.2, 0.25) is 0 Å². The summed E-state index contributed by atoms with van der Waals surface area (Å²) >= 11 is 1.65. The van der Waals surface area contributed by atoms with Gasteiger partial charge < -0.3 is 24.2 Å². The minimum absolute atomic E-state index is 0.318. The second-order valence-corrected chi connectivity index (χ2v) is 14.0. The normalized spacial score (nSPS) is 11.5. The monoisotopic (exact) mass is 605 g/mol. The van der Waals surface area contributed by atoms with Gasteiger partial charge in [0, 0.05) is 56.3 Å². The highest BCUT2D eigenvalue weighted by Gasteiger charge is 2.17. The summed E-state index contributed by atoms with van der Waals surface area (Å²) in [6.45, 7) is 19.4. The van der Waals surface area contributed by atoms with Crippen molar-refractivity contribution in [2.24, 2.45) is 11.3 Å². The first-order chi connectivity index (χ1) is 20.2. The second-order valence-electron chi connectivity index (χ2n) is 13.2. The minimum atomic E-state index is -0.318. The van der Waals surface area contributed by atoms with Crippen molar-refractivity contribution < 1.29 is 19.0 Å². The zero-order valence-corrected chi connectivity index (χ0v) is 28.3. The van der Waals surface area contributed by atoms with Crippen molar-refractivity contribution in [2.75, 3.05) is 14.2 Å². The largest absolute Gasteiger partial charge is 0.497 e. The average molecular weight is 606 g/mol. The van der Waals surface area contributed by atoms with E-state index in [1.807, 2.05) is 51.2 Å². The summed E-state index contributed by atoms with van der Waals surface area (Å²) < 4.78 is 15.3. The Hall–Kier alpha value is -3.78. The topological polar surface area (TPSA) is 89.2 Å². The van der Waals surface area contributed by atoms with E-state index in [9.17, 15) is 4.79 Å². The molecular formula is C35H47N3O4S. The lowest BCUT2D eigenvalue weighted by molar-refractivity contribution is -0.138. The molecule has 8 heteroatoms. The zero-order valence-electron chi connectivity index (χ0n) is 27.5. The number of fused-ring (bicyclic) bond motifs is 2. The fraction of sp³-hybridized carbons (Fsp3) is 0.429. The van der Waals surface area contributed by atoms with Crippen LogP contribution in [-0.2, 0) is 9.53 Å². The van der Waals surface area contributed by atoms with E-state index in [0.717, 1.165) is 66.7 Å². The number of thiazole rings is 1. The summed E-state index contributed by atoms with van der Waals surface area (Å²) in [7, 11) is 3.37. The Bertz CT molecular complexity index is 1630. The maximum atomic E-state index is 9.60. The van der Waals surface area contributed by atoms with Crippen LogP contribution in [0.4, 0.5) is 0 Å². The summed E-state index contributed by atoms with van der Waals surface area (Å²) in [6.07, 6.45) is 3.34. The lowest BCUT2D eigenvalue weighted by atomic mass is 9.86. The van der Waals surface area contributed by atoms with Gasteiger partial charge in [-0.2, -0.15) is 0 Å². The zero-order chi connectivity index (χ0) is 31.9. The third-order valence-corrected chi connectivity index (χ3v) is 7.37. The van der Waals surface area contributed by atoms with Crippen molar-refractivity contribution in [3.05, 3.63) is 53.7 Å². The van der Waals surface area contributed by atoms with Crippen molar-refractivity contribution in [1.29, 1.82) is 0 Å². The number of hydrogen-bond acceptors (Lipinski definition) is 6. The average Bonchev–Trinajstić information content (AvgIpc) is 3.62. The molecule has 0 spiro atoms. The van der Waals surface area contributed by atoms with Gasteiger partial charge in [-0.15, -0.1) is 11.3 Å². The number of nitrogens with zero attached hydrogens (tertiary/aromatic N) is 1. The maximum Gasteiger partial charge on any atom is 0.293 e. The van der Waals surface area contributed by atoms with Crippen LogP contribution in [0.5, 0.6) is 11.5 Å². The molecule has 3 heterocycles. The molecule has 2 N–H and O–H groups in total. The molecule has 0 saturated carbocycles. The number of aromatic amines is 2. The van der Waals surface area contributed by atoms with E-state index in [0.29, 0.717) is 11.9 Å². The summed E-state index contributed by atoms with van der Waals surface area (Å²) in [5.41, 5.74) is 6.63. The standard InChI is InChI=1S/C22H19N3O2S.C8H18.C5H10O2/c1-12-21(16-8-13(26-2)5-7-18(16)24-12)20-11-28-22(25-20)17-10-23-19-9-14(27-3)4-6-15(17)19;1-7(2)6-8(3,4)5;1-5(2,3)7-4-6/h4-11,23-24H,1-3H3;7H,6H2,1-5H3;4H,1-3H3. The highest BCUT2D eigenvalue weighted by molar-refractivity contribution is 7.13. The first-order valence-electron chi connectivity index (χ1n) is 14.5. The molecule has 0 atom stereocenters. The van der Waals surface area contributed by atoms with Crippen LogP contribution in [0.15, 0.2) is 48.0 Å². The predicted molar refractivity (Wildman–Crippen MR) is 180 cm³/mol. The van der Waals surface area contributed by atoms with Crippen LogP contribution in [0, 0.1) is 18.3 Å². The number of methoxy groups -OCH3 is 2. The molecule has 0 radical (unpaired) electrons. The van der Waals surface area contributed by atoms with Gasteiger partial charge in [-0.1, -0.05) is 34.6 Å². The van der Waals surface area contributed by atoms with Gasteiger partial charge in [-0.3, -0.25) is 4.79 Å². The van der Waals surface area contributed by atoms with E-state index in [1.54, 1.807) is 25.6 Å². The second kappa shape index (κ2) is 14.1. The van der Waals surface area contributed by atoms with Gasteiger partial charge in [0.05, 0.1) is 19.9 Å². The number of carbonyl (C=O) groups is 1. The van der Waals surface area contributed by atoms with E-state index in [2.05, 4.69) is 73.8 Å². The number of hydrogen-bond donors (Lipinski definition) is 2. The molecule has 7 nitrogen and oxygen atoms in total. The van der Waals surface area contributed by atoms with Gasteiger partial charge in [-0.05, 0) is 75.8 Å². The molecule has 0 aliphatic rings. The minimum Gasteiger partial charge on any atom is -0.497 e. The van der Waals surface area contributed by atoms with Crippen molar-refractivity contribution in [2.45, 2.75) is 74.3 Å². The molecule has 5 aromatic rings. The molecule has 0 aliphatic heterocycles. The van der Waals surface area contributed by atoms with E-state index in [1.165, 1.54) is 6.42 Å². The molecule has 2 aromatic carbocycles. The Morgan fingerprint density at radius 2 is 1.58 bits per heavy atom. The Labute approximate surface area is 260 Å². The van der Waals surface area contributed by atoms with E-state index < -0.39 is 0 Å². The molecule has 5 rings (SSSR count). The predicted octanol–water partition coefficient (Wildman–Crippen LogP) is 9.80. The highest BCUT2D eigenvalue weighted by atomic mass is 32.1. The Balaban J connectivity index is 0.000000281. The number of aryl methyl sites for hydroxylation is 1. The molecule has 0 saturated heterocycles. The fourth-order valence-corrected chi connectivity index (χ4v) is 5.89. The highest BCUT2D eigenvalue weighted by Crippen LogP contribution is 2.38. The van der Waals surface area contributed by atoms with Crippen LogP contribution in [0.2, 0.25) is 0 Å². The van der Waals surface area contributed by atoms with Crippen LogP contribution in [-0.4, -0.2) is 41.2 Å². The third-order valence-electron chi connectivity index (χ3n) is 6.50. The molecule has 0 aliphatic carbocycles. The van der Waals surface area contributed by atoms with Gasteiger partial charge in [0.25, 0.3) is 6.47 Å². The lowest BCUT2D eigenvalue weighted by Gasteiger charge is -2.19. The summed E-state index contributed by atoms with van der Waals surface area (Å²) in [6, 6.07) is 12.1. The molecular weight excluding hydrogens is 558 g/mol. The summed E-state index contributed by atoms with van der Waals surface area (Å²) in [5, 5.41) is 5.37. The summed E-state index contributed by atoms with van der Waals surface area (Å²) in [4.78, 5) is 21.3. The quantitative estimate of drug-likeness (QED) is 0.188. The number of aromatic nitrogens is 3. The first kappa shape index (κ1) is 33.7. The molecule has 3 aromatic heterocycles. The van der Waals surface area contributed by atoms with Crippen LogP contribution in [0.1, 0.15) is 67.5 Å². The van der Waals surface area contributed by atoms with Crippen LogP contribution in [0.25, 0.3) is 43.6 Å². The SMILES string of the molecule is CC(C)(C)OC=O.CC(C)CC(C)(C)C.COc1ccc2c(-c3nc(-c4c(C)[nH]c5ccc(OC)cc45)cs3)c[nH]c2c1. The number of rotatable bonds is 6. The third kappa shape index (κ3) is 9.35. The molecule has 0 bridgehead atoms. The molecule has 0 unspecified atom stereocenters. The van der Waals surface area contributed by atoms with Crippen molar-refractivity contribution in [3.8, 4) is 33.3 Å². The van der Waals surface area contributed by atoms with Gasteiger partial charge >= 0.3 is 0 Å². The van der Waals surface area contributed by atoms with Gasteiger partial charge in [0.15, 0.2) is 0 Å². The number of benzene rings is 2. The molecule has 232 valence electrons. The number of nitrogens with one attached hydrogen (secondary N) is 2. The van der Waals surface area contributed by atoms with E-state index in [-0.39, 0.29) is 5.60 Å². The van der Waals surface area contributed by atoms with Crippen LogP contribution >= 0.6 is 11.3 Å². The lowest BCUT2D eigenvalue weighted by Crippen LogP contribution is -2.17. The molecule has 43 heavy (non-hydrogen) atoms. The van der Waals surface area contributed by atoms with Crippen LogP contribution < -0.4 is 9.47 Å². The van der Waals surface area contributed by atoms with Crippen LogP contribution in [0.3, 0.4) is 0 Å². The smallest absolute Gasteiger partial charge is 0.293 e. The Morgan fingerprint density at radius 1 is 0.930 bits per heavy atom. The van der Waals surface area contributed by atoms with E-state index in [4.69, 9.17) is 14.5 Å². The first-order valence-corrected chi connectivity index (χ1v) is 15.4. The Kier molecular flexibility index (Phi) is 11.1. The number of ether oxygens (including phenoxy) is 3. The van der Waals surface area contributed by atoms with E-state index >= 15 is 0 Å².